The molecule has 1 aromatic rings. The third kappa shape index (κ3) is 3.17. The molecule has 0 radical (unpaired) electrons. The van der Waals surface area contributed by atoms with Crippen LogP contribution in [0.5, 0.6) is 0 Å². The topological polar surface area (TPSA) is 37.3 Å². The minimum absolute atomic E-state index is 0.527. The van der Waals surface area contributed by atoms with Gasteiger partial charge < -0.3 is 5.11 Å². The molecule has 1 N–H and O–H groups in total. The Morgan fingerprint density at radius 3 is 2.32 bits per heavy atom. The highest BCUT2D eigenvalue weighted by molar-refractivity contribution is 5.75. The van der Waals surface area contributed by atoms with Gasteiger partial charge in [-0.3, -0.25) is 4.79 Å². The zero-order valence-corrected chi connectivity index (χ0v) is 12.0. The lowest BCUT2D eigenvalue weighted by atomic mass is 9.67. The lowest BCUT2D eigenvalue weighted by molar-refractivity contribution is -0.151. The van der Waals surface area contributed by atoms with Crippen LogP contribution in [-0.4, -0.2) is 11.1 Å². The summed E-state index contributed by atoms with van der Waals surface area (Å²) in [6, 6.07) is 8.29. The van der Waals surface area contributed by atoms with E-state index in [0.717, 1.165) is 37.2 Å². The van der Waals surface area contributed by atoms with Crippen LogP contribution in [0.15, 0.2) is 24.3 Å². The molecule has 2 rings (SSSR count). The summed E-state index contributed by atoms with van der Waals surface area (Å²) in [5.74, 6) is 0.119. The molecule has 104 valence electrons. The van der Waals surface area contributed by atoms with Gasteiger partial charge in [-0.25, -0.2) is 0 Å². The van der Waals surface area contributed by atoms with E-state index in [1.807, 2.05) is 0 Å². The zero-order chi connectivity index (χ0) is 13.9. The highest BCUT2D eigenvalue weighted by Gasteiger charge is 2.41. The second kappa shape index (κ2) is 5.77. The average Bonchev–Trinajstić information content (AvgIpc) is 2.42. The lowest BCUT2D eigenvalue weighted by Gasteiger charge is -2.36. The number of aliphatic carboxylic acids is 1. The van der Waals surface area contributed by atoms with Crippen LogP contribution in [0, 0.1) is 18.3 Å². The predicted octanol–water partition coefficient (Wildman–Crippen LogP) is 4.21. The standard InChI is InChI=1S/C17H24O2/c1-3-14-8-10-17(11-9-14,16(18)19)12-15-6-4-13(2)5-7-15/h4-7,14H,3,8-12H2,1-2H3,(H,18,19). The Morgan fingerprint density at radius 2 is 1.84 bits per heavy atom. The summed E-state index contributed by atoms with van der Waals surface area (Å²) in [5.41, 5.74) is 1.85. The molecule has 0 aromatic heterocycles. The summed E-state index contributed by atoms with van der Waals surface area (Å²) < 4.78 is 0. The highest BCUT2D eigenvalue weighted by Crippen LogP contribution is 2.42. The third-order valence-corrected chi connectivity index (χ3v) is 4.76. The lowest BCUT2D eigenvalue weighted by Crippen LogP contribution is -2.37. The molecule has 1 fully saturated rings. The molecule has 1 aliphatic carbocycles. The second-order valence-corrected chi connectivity index (χ2v) is 6.10. The van der Waals surface area contributed by atoms with E-state index in [0.29, 0.717) is 6.42 Å². The number of rotatable bonds is 4. The summed E-state index contributed by atoms with van der Waals surface area (Å²) in [7, 11) is 0. The average molecular weight is 260 g/mol. The fourth-order valence-electron chi connectivity index (χ4n) is 3.20. The maximum atomic E-state index is 11.7. The van der Waals surface area contributed by atoms with E-state index >= 15 is 0 Å². The van der Waals surface area contributed by atoms with Crippen LogP contribution in [0.3, 0.4) is 0 Å². The highest BCUT2D eigenvalue weighted by atomic mass is 16.4. The summed E-state index contributed by atoms with van der Waals surface area (Å²) in [6.45, 7) is 4.27. The quantitative estimate of drug-likeness (QED) is 0.880. The third-order valence-electron chi connectivity index (χ3n) is 4.76. The van der Waals surface area contributed by atoms with Crippen molar-refractivity contribution in [3.63, 3.8) is 0 Å². The molecule has 1 aromatic carbocycles. The number of carbonyl (C=O) groups is 1. The van der Waals surface area contributed by atoms with Gasteiger partial charge in [0.2, 0.25) is 0 Å². The Kier molecular flexibility index (Phi) is 4.28. The normalized spacial score (nSPS) is 27.2. The number of hydrogen-bond donors (Lipinski definition) is 1. The van der Waals surface area contributed by atoms with Gasteiger partial charge in [0.15, 0.2) is 0 Å². The molecule has 0 unspecified atom stereocenters. The first-order valence-corrected chi connectivity index (χ1v) is 7.35. The fourth-order valence-corrected chi connectivity index (χ4v) is 3.20. The van der Waals surface area contributed by atoms with Crippen LogP contribution in [0.4, 0.5) is 0 Å². The van der Waals surface area contributed by atoms with E-state index in [9.17, 15) is 9.90 Å². The van der Waals surface area contributed by atoms with Gasteiger partial charge in [0.25, 0.3) is 0 Å². The molecule has 0 amide bonds. The molecule has 0 spiro atoms. The smallest absolute Gasteiger partial charge is 0.309 e. The molecule has 0 bridgehead atoms. The van der Waals surface area contributed by atoms with Crippen LogP contribution in [0.2, 0.25) is 0 Å². The molecule has 1 aliphatic rings. The Hall–Kier alpha value is -1.31. The van der Waals surface area contributed by atoms with Crippen molar-refractivity contribution in [3.8, 4) is 0 Å². The van der Waals surface area contributed by atoms with E-state index in [-0.39, 0.29) is 0 Å². The van der Waals surface area contributed by atoms with Crippen LogP contribution in [0.1, 0.15) is 50.2 Å². The van der Waals surface area contributed by atoms with E-state index in [4.69, 9.17) is 0 Å². The SMILES string of the molecule is CCC1CCC(Cc2ccc(C)cc2)(C(=O)O)CC1. The van der Waals surface area contributed by atoms with Crippen LogP contribution < -0.4 is 0 Å². The molecule has 0 heterocycles. The first-order chi connectivity index (χ1) is 9.05. The maximum Gasteiger partial charge on any atom is 0.309 e. The van der Waals surface area contributed by atoms with Gasteiger partial charge in [-0.2, -0.15) is 0 Å². The predicted molar refractivity (Wildman–Crippen MR) is 77.2 cm³/mol. The molecule has 1 saturated carbocycles. The molecule has 0 saturated heterocycles. The van der Waals surface area contributed by atoms with Gasteiger partial charge in [0.1, 0.15) is 0 Å². The van der Waals surface area contributed by atoms with Gasteiger partial charge >= 0.3 is 5.97 Å². The van der Waals surface area contributed by atoms with Crippen LogP contribution in [-0.2, 0) is 11.2 Å². The van der Waals surface area contributed by atoms with E-state index in [1.54, 1.807) is 0 Å². The summed E-state index contributed by atoms with van der Waals surface area (Å²) in [5, 5.41) is 9.66. The molecule has 19 heavy (non-hydrogen) atoms. The minimum atomic E-state index is -0.609. The molecular formula is C17H24O2. The fraction of sp³-hybridized carbons (Fsp3) is 0.588. The van der Waals surface area contributed by atoms with Crippen molar-refractivity contribution < 1.29 is 9.90 Å². The monoisotopic (exact) mass is 260 g/mol. The van der Waals surface area contributed by atoms with Crippen molar-refractivity contribution in [2.75, 3.05) is 0 Å². The molecular weight excluding hydrogens is 236 g/mol. The molecule has 0 atom stereocenters. The zero-order valence-electron chi connectivity index (χ0n) is 12.0. The number of hydrogen-bond acceptors (Lipinski definition) is 1. The first kappa shape index (κ1) is 14.1. The van der Waals surface area contributed by atoms with Crippen LogP contribution >= 0.6 is 0 Å². The van der Waals surface area contributed by atoms with Gasteiger partial charge in [0.05, 0.1) is 5.41 Å². The van der Waals surface area contributed by atoms with Crippen molar-refractivity contribution in [2.45, 2.75) is 52.4 Å². The number of carboxylic acid groups (broad SMARTS) is 1. The van der Waals surface area contributed by atoms with Crippen molar-refractivity contribution in [1.29, 1.82) is 0 Å². The Balaban J connectivity index is 2.12. The summed E-state index contributed by atoms with van der Waals surface area (Å²) >= 11 is 0. The van der Waals surface area contributed by atoms with Crippen molar-refractivity contribution in [1.82, 2.24) is 0 Å². The Bertz CT molecular complexity index is 425. The van der Waals surface area contributed by atoms with Crippen molar-refractivity contribution in [3.05, 3.63) is 35.4 Å². The second-order valence-electron chi connectivity index (χ2n) is 6.10. The molecule has 2 heteroatoms. The van der Waals surface area contributed by atoms with Gasteiger partial charge in [0, 0.05) is 0 Å². The minimum Gasteiger partial charge on any atom is -0.481 e. The number of aryl methyl sites for hydroxylation is 1. The van der Waals surface area contributed by atoms with E-state index < -0.39 is 11.4 Å². The van der Waals surface area contributed by atoms with E-state index in [1.165, 1.54) is 12.0 Å². The van der Waals surface area contributed by atoms with Crippen LogP contribution in [0.25, 0.3) is 0 Å². The van der Waals surface area contributed by atoms with Gasteiger partial charge in [-0.1, -0.05) is 43.2 Å². The number of benzene rings is 1. The van der Waals surface area contributed by atoms with Crippen molar-refractivity contribution >= 4 is 5.97 Å². The maximum absolute atomic E-state index is 11.7. The Morgan fingerprint density at radius 1 is 1.26 bits per heavy atom. The molecule has 0 aliphatic heterocycles. The molecule has 2 nitrogen and oxygen atoms in total. The van der Waals surface area contributed by atoms with Gasteiger partial charge in [-0.05, 0) is 50.5 Å². The number of carboxylic acids is 1. The Labute approximate surface area is 115 Å². The largest absolute Gasteiger partial charge is 0.481 e. The van der Waals surface area contributed by atoms with E-state index in [2.05, 4.69) is 38.1 Å². The summed E-state index contributed by atoms with van der Waals surface area (Å²) in [4.78, 5) is 11.7. The van der Waals surface area contributed by atoms with Crippen molar-refractivity contribution in [2.24, 2.45) is 11.3 Å². The van der Waals surface area contributed by atoms with Gasteiger partial charge in [-0.15, -0.1) is 0 Å². The first-order valence-electron chi connectivity index (χ1n) is 7.35. The summed E-state index contributed by atoms with van der Waals surface area (Å²) in [6.07, 6.45) is 5.64.